The van der Waals surface area contributed by atoms with Crippen molar-refractivity contribution in [3.63, 3.8) is 0 Å². The Bertz CT molecular complexity index is 4560. The second kappa shape index (κ2) is 35.0. The molecule has 110 heavy (non-hydrogen) atoms. The summed E-state index contributed by atoms with van der Waals surface area (Å²) in [4.78, 5) is 147. The SMILES string of the molecule is COC1OC(COC(=O)c2ccccc2)C(OC2OC(COC(=O)c3ccccc3)C(OC3OC(COC(=O)c4ccccc4)C(O[Si](C)(C)C(C)(C)C)C(OC(=O)c4ccccc4)C3NC(=O)c3ccccc3C=O)C(OC(=O)c3ccccc3)C2N)C(OC(=O)c2ccccc2)C1N1C(=O)c2ccccc2C1=O. The summed E-state index contributed by atoms with van der Waals surface area (Å²) >= 11 is 0. The van der Waals surface area contributed by atoms with Gasteiger partial charge in [-0.25, -0.2) is 28.8 Å². The molecule has 0 radical (unpaired) electrons. The maximum absolute atomic E-state index is 15.3. The summed E-state index contributed by atoms with van der Waals surface area (Å²) in [5.41, 5.74) is 7.58. The maximum Gasteiger partial charge on any atom is 0.338 e. The molecule has 0 bridgehead atoms. The number of esters is 6. The Hall–Kier alpha value is -11.2. The molecule has 3 N–H and O–H groups in total. The molecule has 4 aliphatic heterocycles. The Balaban J connectivity index is 1.03. The monoisotopic (exact) mass is 1520 g/mol. The smallest absolute Gasteiger partial charge is 0.338 e. The van der Waals surface area contributed by atoms with E-state index < -0.39 is 179 Å². The van der Waals surface area contributed by atoms with Crippen LogP contribution in [0.1, 0.15) is 124 Å². The van der Waals surface area contributed by atoms with Gasteiger partial charge in [-0.05, 0) is 109 Å². The number of aldehydes is 1. The fourth-order valence-corrected chi connectivity index (χ4v) is 14.3. The Morgan fingerprint density at radius 2 is 0.791 bits per heavy atom. The molecule has 0 spiro atoms. The molecule has 26 nitrogen and oxygen atoms in total. The minimum Gasteiger partial charge on any atom is -0.459 e. The second-order valence-corrected chi connectivity index (χ2v) is 32.6. The molecule has 570 valence electrons. The van der Waals surface area contributed by atoms with E-state index in [4.69, 9.17) is 67.0 Å². The lowest BCUT2D eigenvalue weighted by atomic mass is 9.93. The molecule has 3 saturated heterocycles. The molecule has 0 aromatic heterocycles. The first-order valence-electron chi connectivity index (χ1n) is 35.5. The van der Waals surface area contributed by atoms with Crippen LogP contribution in [0.15, 0.2) is 231 Å². The number of hydrogen-bond donors (Lipinski definition) is 2. The summed E-state index contributed by atoms with van der Waals surface area (Å²) < 4.78 is 86.4. The van der Waals surface area contributed by atoms with Crippen molar-refractivity contribution in [3.8, 4) is 0 Å². The van der Waals surface area contributed by atoms with Crippen LogP contribution in [-0.2, 0) is 61.3 Å². The van der Waals surface area contributed by atoms with Crippen molar-refractivity contribution in [2.24, 2.45) is 5.73 Å². The van der Waals surface area contributed by atoms with Crippen LogP contribution in [0.3, 0.4) is 0 Å². The average molecular weight is 1520 g/mol. The topological polar surface area (TPSA) is 332 Å². The van der Waals surface area contributed by atoms with Gasteiger partial charge in [0.1, 0.15) is 68.5 Å². The minimum absolute atomic E-state index is 0.0161. The molecule has 3 fully saturated rings. The summed E-state index contributed by atoms with van der Waals surface area (Å²) in [5.74, 6) is -8.24. The average Bonchev–Trinajstić information content (AvgIpc) is 1.33. The first-order chi connectivity index (χ1) is 53.0. The first kappa shape index (κ1) is 78.3. The van der Waals surface area contributed by atoms with Crippen molar-refractivity contribution >= 4 is 68.1 Å². The number of nitrogens with zero attached hydrogens (tertiary/aromatic N) is 1. The van der Waals surface area contributed by atoms with Gasteiger partial charge in [0, 0.05) is 18.2 Å². The normalized spacial score (nSPS) is 24.5. The number of carbonyl (C=O) groups is 10. The van der Waals surface area contributed by atoms with Crippen LogP contribution in [0.2, 0.25) is 18.1 Å². The highest BCUT2D eigenvalue weighted by Gasteiger charge is 2.61. The van der Waals surface area contributed by atoms with Crippen LogP contribution in [0.4, 0.5) is 0 Å². The van der Waals surface area contributed by atoms with Crippen LogP contribution in [0.25, 0.3) is 0 Å². The zero-order valence-corrected chi connectivity index (χ0v) is 61.7. The van der Waals surface area contributed by atoms with E-state index in [1.165, 1.54) is 110 Å². The van der Waals surface area contributed by atoms with Crippen LogP contribution in [0, 0.1) is 0 Å². The predicted octanol–water partition coefficient (Wildman–Crippen LogP) is 9.82. The highest BCUT2D eigenvalue weighted by Crippen LogP contribution is 2.43. The van der Waals surface area contributed by atoms with E-state index in [0.29, 0.717) is 6.29 Å². The predicted molar refractivity (Wildman–Crippen MR) is 394 cm³/mol. The lowest BCUT2D eigenvalue weighted by Gasteiger charge is -2.52. The van der Waals surface area contributed by atoms with E-state index in [9.17, 15) is 33.6 Å². The summed E-state index contributed by atoms with van der Waals surface area (Å²) in [7, 11) is -1.96. The lowest BCUT2D eigenvalue weighted by Crippen LogP contribution is -2.72. The van der Waals surface area contributed by atoms with Crippen molar-refractivity contribution in [1.82, 2.24) is 10.2 Å². The number of hydrogen-bond acceptors (Lipinski definition) is 24. The number of methoxy groups -OCH3 is 1. The molecule has 3 amide bonds. The molecule has 12 rings (SSSR count). The van der Waals surface area contributed by atoms with Gasteiger partial charge < -0.3 is 72.3 Å². The lowest BCUT2D eigenvalue weighted by molar-refractivity contribution is -0.350. The third-order valence-electron chi connectivity index (χ3n) is 19.7. The minimum atomic E-state index is -3.17. The number of nitrogens with two attached hydrogens (primary N) is 1. The largest absolute Gasteiger partial charge is 0.459 e. The van der Waals surface area contributed by atoms with E-state index in [0.717, 1.165) is 4.90 Å². The van der Waals surface area contributed by atoms with Gasteiger partial charge >= 0.3 is 35.8 Å². The van der Waals surface area contributed by atoms with Gasteiger partial charge in [0.2, 0.25) is 0 Å². The van der Waals surface area contributed by atoms with Crippen LogP contribution in [-0.4, -0.2) is 192 Å². The fourth-order valence-electron chi connectivity index (χ4n) is 13.0. The summed E-state index contributed by atoms with van der Waals surface area (Å²) in [6.45, 7) is 7.41. The standard InChI is InChI=1S/C83H81N3O23Si/c1-83(2,3)110(5,6)109-67-61(48-100-76(93)51-33-17-9-18-34-51)102-81(63(69(67)105-78(95)53-37-21-11-22-38-53)85-71(88)56-42-26-25-41-55(56)45-87)108-65-59(46-98-74(91)49-29-13-7-14-30-49)101-80(62(84)68(65)104-77(94)52-35-19-10-20-36-52)107-66-60(47-99-75(92)50-31-15-8-16-32-50)103-82(97-4)64(70(66)106-79(96)54-39-23-12-24-40-54)86-72(89)57-43-27-28-44-58(57)73(86)90/h7-45,59-70,80-82H,46-48,84H2,1-6H3,(H,85,88). The highest BCUT2D eigenvalue weighted by atomic mass is 28.4. The van der Waals surface area contributed by atoms with Gasteiger partial charge in [-0.2, -0.15) is 0 Å². The van der Waals surface area contributed by atoms with Gasteiger partial charge in [-0.1, -0.05) is 160 Å². The molecular weight excluding hydrogens is 1430 g/mol. The molecule has 4 aliphatic rings. The third-order valence-corrected chi connectivity index (χ3v) is 24.2. The van der Waals surface area contributed by atoms with E-state index in [1.54, 1.807) is 127 Å². The van der Waals surface area contributed by atoms with Gasteiger partial charge in [0.05, 0.1) is 50.5 Å². The van der Waals surface area contributed by atoms with E-state index in [-0.39, 0.29) is 55.6 Å². The quantitative estimate of drug-likeness (QED) is 0.0167. The van der Waals surface area contributed by atoms with Gasteiger partial charge in [-0.15, -0.1) is 0 Å². The summed E-state index contributed by atoms with van der Waals surface area (Å²) in [5, 5.41) is 2.34. The second-order valence-electron chi connectivity index (χ2n) is 27.8. The number of carbonyl (C=O) groups excluding carboxylic acids is 10. The number of imide groups is 1. The number of fused-ring (bicyclic) bond motifs is 1. The summed E-state index contributed by atoms with van der Waals surface area (Å²) in [6.07, 6.45) is -21.2. The fraction of sp³-hybridized carbons (Fsp3) is 0.301. The molecular formula is C83H81N3O23Si. The Morgan fingerprint density at radius 1 is 0.445 bits per heavy atom. The van der Waals surface area contributed by atoms with Gasteiger partial charge in [-0.3, -0.25) is 24.1 Å². The van der Waals surface area contributed by atoms with Crippen LogP contribution in [0.5, 0.6) is 0 Å². The Labute approximate surface area is 634 Å². The molecule has 0 saturated carbocycles. The Morgan fingerprint density at radius 3 is 1.21 bits per heavy atom. The first-order valence-corrected chi connectivity index (χ1v) is 38.4. The zero-order valence-electron chi connectivity index (χ0n) is 60.7. The summed E-state index contributed by atoms with van der Waals surface area (Å²) in [6, 6.07) is 53.3. The Kier molecular flexibility index (Phi) is 24.9. The third kappa shape index (κ3) is 17.7. The molecule has 15 atom stereocenters. The van der Waals surface area contributed by atoms with E-state index >= 15 is 14.4 Å². The van der Waals surface area contributed by atoms with Gasteiger partial charge in [0.15, 0.2) is 51.8 Å². The maximum atomic E-state index is 15.3. The number of nitrogens with one attached hydrogen (secondary N) is 1. The molecule has 8 aromatic carbocycles. The van der Waals surface area contributed by atoms with Crippen molar-refractivity contribution in [2.75, 3.05) is 26.9 Å². The number of benzene rings is 8. The zero-order chi connectivity index (χ0) is 77.8. The number of amides is 3. The van der Waals surface area contributed by atoms with Crippen LogP contribution >= 0.6 is 0 Å². The van der Waals surface area contributed by atoms with Crippen LogP contribution < -0.4 is 11.1 Å². The molecule has 4 heterocycles. The van der Waals surface area contributed by atoms with Gasteiger partial charge in [0.25, 0.3) is 17.7 Å². The number of rotatable bonds is 26. The molecule has 27 heteroatoms. The molecule has 0 aliphatic carbocycles. The van der Waals surface area contributed by atoms with Crippen molar-refractivity contribution in [3.05, 3.63) is 286 Å². The highest BCUT2D eigenvalue weighted by molar-refractivity contribution is 6.74. The number of ether oxygens (including phenoxy) is 12. The molecule has 8 aromatic rings. The van der Waals surface area contributed by atoms with E-state index in [2.05, 4.69) is 5.32 Å². The van der Waals surface area contributed by atoms with E-state index in [1.807, 2.05) is 33.9 Å². The van der Waals surface area contributed by atoms with Crippen molar-refractivity contribution in [1.29, 1.82) is 0 Å². The molecule has 15 unspecified atom stereocenters. The van der Waals surface area contributed by atoms with Crippen molar-refractivity contribution in [2.45, 2.75) is 131 Å². The van der Waals surface area contributed by atoms with Crippen molar-refractivity contribution < 1.29 is 109 Å².